The van der Waals surface area contributed by atoms with E-state index in [4.69, 9.17) is 0 Å². The van der Waals surface area contributed by atoms with E-state index in [-0.39, 0.29) is 0 Å². The average Bonchev–Trinajstić information content (AvgIpc) is 3.03. The molecule has 0 aromatic heterocycles. The summed E-state index contributed by atoms with van der Waals surface area (Å²) >= 11 is 15.1. The first-order valence-electron chi connectivity index (χ1n) is 13.5. The maximum absolute atomic E-state index is 2.55. The minimum atomic E-state index is 0.914. The molecule has 0 aliphatic carbocycles. The van der Waals surface area contributed by atoms with Gasteiger partial charge in [0.2, 0.25) is 0 Å². The van der Waals surface area contributed by atoms with Crippen LogP contribution in [0.15, 0.2) is 121 Å². The zero-order valence-corrected chi connectivity index (χ0v) is 35.5. The summed E-state index contributed by atoms with van der Waals surface area (Å²) in [6.07, 6.45) is 0.914. The van der Waals surface area contributed by atoms with Crippen molar-refractivity contribution in [1.29, 1.82) is 0 Å². The Labute approximate surface area is 335 Å². The Morgan fingerprint density at radius 2 is 0.698 bits per heavy atom. The fourth-order valence-corrected chi connectivity index (χ4v) is 9.73. The SMILES string of the molecule is Ic1cc(-c2ccccc2)ccc1-c1ccc(Cc2ccc(-c3ccc(-c4ccccc4)cc3I)c(I)c2I)c(I)c1I. The van der Waals surface area contributed by atoms with Crippen molar-refractivity contribution in [3.05, 3.63) is 154 Å². The fraction of sp³-hybridized carbons (Fsp3) is 0.0270. The molecule has 0 fully saturated rings. The molecule has 0 aliphatic heterocycles. The van der Waals surface area contributed by atoms with E-state index < -0.39 is 0 Å². The molecule has 212 valence electrons. The summed E-state index contributed by atoms with van der Waals surface area (Å²) in [4.78, 5) is 0. The van der Waals surface area contributed by atoms with Gasteiger partial charge >= 0.3 is 0 Å². The van der Waals surface area contributed by atoms with Gasteiger partial charge in [0.05, 0.1) is 0 Å². The number of benzene rings is 6. The lowest BCUT2D eigenvalue weighted by molar-refractivity contribution is 1.15. The molecular weight excluding hydrogens is 1210 g/mol. The molecule has 0 atom stereocenters. The topological polar surface area (TPSA) is 0 Å². The molecular formula is C37H22I6. The van der Waals surface area contributed by atoms with Crippen LogP contribution in [0.1, 0.15) is 11.1 Å². The third kappa shape index (κ3) is 7.18. The van der Waals surface area contributed by atoms with Crippen molar-refractivity contribution < 1.29 is 0 Å². The van der Waals surface area contributed by atoms with Crippen LogP contribution in [0.4, 0.5) is 0 Å². The van der Waals surface area contributed by atoms with Crippen LogP contribution in [-0.2, 0) is 6.42 Å². The van der Waals surface area contributed by atoms with Gasteiger partial charge in [0.1, 0.15) is 0 Å². The molecule has 6 rings (SSSR count). The first-order valence-corrected chi connectivity index (χ1v) is 19.9. The van der Waals surface area contributed by atoms with Gasteiger partial charge in [-0.05, 0) is 210 Å². The summed E-state index contributed by atoms with van der Waals surface area (Å²) in [5.74, 6) is 0. The van der Waals surface area contributed by atoms with Crippen molar-refractivity contribution in [3.8, 4) is 44.5 Å². The molecule has 6 heteroatoms. The molecule has 6 aromatic rings. The first kappa shape index (κ1) is 32.6. The van der Waals surface area contributed by atoms with E-state index in [1.54, 1.807) is 0 Å². The molecule has 0 N–H and O–H groups in total. The molecule has 0 bridgehead atoms. The highest BCUT2D eigenvalue weighted by Gasteiger charge is 2.17. The van der Waals surface area contributed by atoms with Gasteiger partial charge in [-0.15, -0.1) is 0 Å². The van der Waals surface area contributed by atoms with Gasteiger partial charge in [-0.1, -0.05) is 109 Å². The second-order valence-electron chi connectivity index (χ2n) is 10.1. The minimum absolute atomic E-state index is 0.914. The van der Waals surface area contributed by atoms with Crippen molar-refractivity contribution in [2.45, 2.75) is 6.42 Å². The molecule has 0 radical (unpaired) electrons. The Balaban J connectivity index is 1.27. The van der Waals surface area contributed by atoms with Gasteiger partial charge in [-0.3, -0.25) is 0 Å². The van der Waals surface area contributed by atoms with Gasteiger partial charge in [-0.25, -0.2) is 0 Å². The number of halogens is 6. The van der Waals surface area contributed by atoms with Crippen LogP contribution >= 0.6 is 136 Å². The number of rotatable bonds is 6. The fourth-order valence-electron chi connectivity index (χ4n) is 5.16. The third-order valence-corrected chi connectivity index (χ3v) is 16.0. The monoisotopic (exact) mass is 1230 g/mol. The number of hydrogen-bond donors (Lipinski definition) is 0. The Bertz CT molecular complexity index is 1810. The van der Waals surface area contributed by atoms with Gasteiger partial charge in [0.25, 0.3) is 0 Å². The molecule has 0 saturated heterocycles. The minimum Gasteiger partial charge on any atom is -0.0622 e. The van der Waals surface area contributed by atoms with Gasteiger partial charge < -0.3 is 0 Å². The largest absolute Gasteiger partial charge is 0.0622 e. The highest BCUT2D eigenvalue weighted by atomic mass is 127. The van der Waals surface area contributed by atoms with E-state index >= 15 is 0 Å². The molecule has 0 nitrogen and oxygen atoms in total. The lowest BCUT2D eigenvalue weighted by Gasteiger charge is -2.16. The lowest BCUT2D eigenvalue weighted by atomic mass is 9.96. The van der Waals surface area contributed by atoms with Crippen LogP contribution < -0.4 is 0 Å². The van der Waals surface area contributed by atoms with Crippen LogP contribution in [0.2, 0.25) is 0 Å². The summed E-state index contributed by atoms with van der Waals surface area (Å²) in [6, 6.07) is 44.1. The van der Waals surface area contributed by atoms with Crippen LogP contribution in [0.3, 0.4) is 0 Å². The summed E-state index contributed by atoms with van der Waals surface area (Å²) < 4.78 is 7.84. The van der Waals surface area contributed by atoms with Crippen molar-refractivity contribution in [1.82, 2.24) is 0 Å². The van der Waals surface area contributed by atoms with E-state index in [2.05, 4.69) is 257 Å². The van der Waals surface area contributed by atoms with Crippen LogP contribution in [0, 0.1) is 21.4 Å². The zero-order chi connectivity index (χ0) is 30.1. The summed E-state index contributed by atoms with van der Waals surface area (Å²) in [5, 5.41) is 0. The molecule has 0 aliphatic rings. The molecule has 0 spiro atoms. The Kier molecular flexibility index (Phi) is 11.1. The maximum Gasteiger partial charge on any atom is 0.0345 e. The highest BCUT2D eigenvalue weighted by Crippen LogP contribution is 2.39. The molecule has 0 heterocycles. The van der Waals surface area contributed by atoms with E-state index in [1.807, 2.05) is 0 Å². The number of hydrogen-bond acceptors (Lipinski definition) is 0. The molecule has 0 saturated carbocycles. The summed E-state index contributed by atoms with van der Waals surface area (Å²) in [5.41, 5.74) is 12.9. The smallest absolute Gasteiger partial charge is 0.0345 e. The molecule has 0 amide bonds. The standard InChI is InChI=1S/C37H22I6/c38-32-20-24(22-7-3-1-4-8-22)11-15-28(32)30-17-13-26(34(40)36(30)42)19-27-14-18-31(37(43)35(27)41)29-16-12-25(21-33(29)39)23-9-5-2-6-10-23/h1-18,20-21H,19H2. The van der Waals surface area contributed by atoms with Gasteiger partial charge in [0.15, 0.2) is 0 Å². The van der Waals surface area contributed by atoms with Crippen molar-refractivity contribution in [2.75, 3.05) is 0 Å². The average molecular weight is 1230 g/mol. The van der Waals surface area contributed by atoms with E-state index in [0.717, 1.165) is 6.42 Å². The second-order valence-corrected chi connectivity index (χ2v) is 16.7. The molecule has 0 unspecified atom stereocenters. The van der Waals surface area contributed by atoms with Crippen LogP contribution in [-0.4, -0.2) is 0 Å². The molecule has 43 heavy (non-hydrogen) atoms. The lowest BCUT2D eigenvalue weighted by Crippen LogP contribution is -2.01. The molecule has 6 aromatic carbocycles. The van der Waals surface area contributed by atoms with Crippen LogP contribution in [0.25, 0.3) is 44.5 Å². The van der Waals surface area contributed by atoms with Crippen molar-refractivity contribution >= 4 is 136 Å². The second kappa shape index (κ2) is 14.6. The Morgan fingerprint density at radius 1 is 0.326 bits per heavy atom. The normalized spacial score (nSPS) is 11.1. The van der Waals surface area contributed by atoms with Crippen molar-refractivity contribution in [2.24, 2.45) is 0 Å². The van der Waals surface area contributed by atoms with Crippen LogP contribution in [0.5, 0.6) is 0 Å². The highest BCUT2D eigenvalue weighted by molar-refractivity contribution is 14.1. The van der Waals surface area contributed by atoms with E-state index in [0.29, 0.717) is 0 Å². The van der Waals surface area contributed by atoms with Crippen molar-refractivity contribution in [3.63, 3.8) is 0 Å². The zero-order valence-electron chi connectivity index (χ0n) is 22.5. The maximum atomic E-state index is 2.55. The Hall–Kier alpha value is -0.300. The summed E-state index contributed by atoms with van der Waals surface area (Å²) in [7, 11) is 0. The quantitative estimate of drug-likeness (QED) is 0.146. The van der Waals surface area contributed by atoms with Gasteiger partial charge in [-0.2, -0.15) is 0 Å². The van der Waals surface area contributed by atoms with E-state index in [1.165, 1.54) is 77.1 Å². The van der Waals surface area contributed by atoms with Gasteiger partial charge in [0, 0.05) is 21.4 Å². The predicted molar refractivity (Wildman–Crippen MR) is 234 cm³/mol. The summed E-state index contributed by atoms with van der Waals surface area (Å²) in [6.45, 7) is 0. The van der Waals surface area contributed by atoms with E-state index in [9.17, 15) is 0 Å². The predicted octanol–water partition coefficient (Wildman–Crippen LogP) is 13.6. The Morgan fingerprint density at radius 3 is 1.07 bits per heavy atom. The first-order chi connectivity index (χ1) is 20.8. The third-order valence-electron chi connectivity index (χ3n) is 7.44.